The van der Waals surface area contributed by atoms with Crippen molar-refractivity contribution in [3.05, 3.63) is 35.4 Å². The van der Waals surface area contributed by atoms with Gasteiger partial charge < -0.3 is 15.1 Å². The lowest BCUT2D eigenvalue weighted by Crippen LogP contribution is -2.45. The summed E-state index contributed by atoms with van der Waals surface area (Å²) in [5.74, 6) is 3.92. The van der Waals surface area contributed by atoms with Crippen LogP contribution in [-0.4, -0.2) is 54.0 Å². The molecule has 1 aliphatic rings. The molecule has 1 aliphatic heterocycles. The second-order valence-electron chi connectivity index (χ2n) is 6.02. The molecule has 0 saturated heterocycles. The molecule has 0 unspecified atom stereocenters. The molecule has 2 N–H and O–H groups in total. The molecule has 2 rings (SSSR count). The maximum Gasteiger partial charge on any atom is 0.324 e. The van der Waals surface area contributed by atoms with Gasteiger partial charge in [-0.15, -0.1) is 0 Å². The average molecular weight is 365 g/mol. The lowest BCUT2D eigenvalue weighted by atomic mass is 9.97. The number of carboxylic acid groups (broad SMARTS) is 1. The monoisotopic (exact) mass is 365 g/mol. The number of benzene rings is 1. The quantitative estimate of drug-likeness (QED) is 0.746. The largest absolute Gasteiger partial charge is 0.480 e. The molecule has 0 saturated carbocycles. The molecule has 0 aliphatic carbocycles. The Morgan fingerprint density at radius 1 is 1.40 bits per heavy atom. The molecule has 0 amide bonds. The number of aliphatic hydroxyl groups is 1. The molecule has 1 aromatic carbocycles. The molecule has 7 nitrogen and oxygen atoms in total. The van der Waals surface area contributed by atoms with E-state index in [4.69, 9.17) is 9.94 Å². The normalized spacial score (nSPS) is 19.2. The molecular formula is C17H19NO6S. The summed E-state index contributed by atoms with van der Waals surface area (Å²) in [5.41, 5.74) is 2.14. The van der Waals surface area contributed by atoms with Crippen molar-refractivity contribution in [1.82, 2.24) is 0 Å². The first kappa shape index (κ1) is 19.0. The van der Waals surface area contributed by atoms with Crippen LogP contribution >= 0.6 is 0 Å². The molecule has 0 fully saturated rings. The van der Waals surface area contributed by atoms with E-state index in [1.807, 2.05) is 0 Å². The Labute approximate surface area is 146 Å². The minimum Gasteiger partial charge on any atom is -0.480 e. The van der Waals surface area contributed by atoms with Crippen LogP contribution in [0.3, 0.4) is 0 Å². The van der Waals surface area contributed by atoms with E-state index in [2.05, 4.69) is 17.0 Å². The number of aliphatic carboxylic acids is 1. The third-order valence-corrected chi connectivity index (χ3v) is 6.13. The summed E-state index contributed by atoms with van der Waals surface area (Å²) in [7, 11) is -3.81. The summed E-state index contributed by atoms with van der Waals surface area (Å²) < 4.78 is 21.8. The Balaban J connectivity index is 2.09. The van der Waals surface area contributed by atoms with Gasteiger partial charge in [0.1, 0.15) is 12.7 Å². The van der Waals surface area contributed by atoms with Crippen molar-refractivity contribution in [2.45, 2.75) is 30.6 Å². The van der Waals surface area contributed by atoms with Crippen LogP contribution in [0.2, 0.25) is 0 Å². The Hall–Kier alpha value is -2.37. The number of hydrogen-bond donors (Lipinski definition) is 2. The molecule has 134 valence electrons. The average Bonchev–Trinajstić information content (AvgIpc) is 3.00. The number of rotatable bonds is 5. The van der Waals surface area contributed by atoms with Gasteiger partial charge >= 0.3 is 5.97 Å². The van der Waals surface area contributed by atoms with E-state index in [1.165, 1.54) is 6.92 Å². The van der Waals surface area contributed by atoms with Gasteiger partial charge in [0.25, 0.3) is 0 Å². The Morgan fingerprint density at radius 2 is 2.04 bits per heavy atom. The first-order valence-corrected chi connectivity index (χ1v) is 9.42. The van der Waals surface area contributed by atoms with Crippen molar-refractivity contribution in [1.29, 1.82) is 0 Å². The standard InChI is InChI=1S/C17H19NO6S/c1-17(16(20)21,25(2,22)23)11-14-10-15(18-24-14)13-7-5-12(6-8-13)4-3-9-19/h5-8,14,19H,9-11H2,1-2H3,(H,20,21)/t14-,17-/m1/s1. The third-order valence-electron chi connectivity index (χ3n) is 4.15. The number of carboxylic acids is 1. The van der Waals surface area contributed by atoms with E-state index in [9.17, 15) is 18.3 Å². The zero-order valence-corrected chi connectivity index (χ0v) is 14.7. The molecule has 2 atom stereocenters. The van der Waals surface area contributed by atoms with Crippen LogP contribution in [0, 0.1) is 11.8 Å². The van der Waals surface area contributed by atoms with E-state index in [0.717, 1.165) is 17.4 Å². The topological polar surface area (TPSA) is 113 Å². The maximum absolute atomic E-state index is 11.9. The highest BCUT2D eigenvalue weighted by atomic mass is 32.2. The van der Waals surface area contributed by atoms with Gasteiger partial charge in [0.05, 0.1) is 5.71 Å². The van der Waals surface area contributed by atoms with Crippen LogP contribution in [0.15, 0.2) is 29.4 Å². The number of carbonyl (C=O) groups is 1. The second kappa shape index (κ2) is 7.25. The van der Waals surface area contributed by atoms with Crippen LogP contribution in [0.1, 0.15) is 30.9 Å². The molecule has 25 heavy (non-hydrogen) atoms. The lowest BCUT2D eigenvalue weighted by Gasteiger charge is -2.24. The van der Waals surface area contributed by atoms with Gasteiger partial charge in [0.15, 0.2) is 14.6 Å². The third kappa shape index (κ3) is 4.18. The highest BCUT2D eigenvalue weighted by Gasteiger charge is 2.47. The summed E-state index contributed by atoms with van der Waals surface area (Å²) in [6, 6.07) is 7.12. The fourth-order valence-corrected chi connectivity index (χ4v) is 3.23. The number of oxime groups is 1. The number of aliphatic hydroxyl groups excluding tert-OH is 1. The second-order valence-corrected chi connectivity index (χ2v) is 8.46. The van der Waals surface area contributed by atoms with Crippen molar-refractivity contribution in [2.24, 2.45) is 5.16 Å². The maximum atomic E-state index is 11.9. The zero-order chi connectivity index (χ0) is 18.7. The fraction of sp³-hybridized carbons (Fsp3) is 0.412. The van der Waals surface area contributed by atoms with Crippen molar-refractivity contribution >= 4 is 21.5 Å². The van der Waals surface area contributed by atoms with Gasteiger partial charge in [-0.05, 0) is 24.6 Å². The van der Waals surface area contributed by atoms with Gasteiger partial charge in [-0.3, -0.25) is 4.79 Å². The lowest BCUT2D eigenvalue weighted by molar-refractivity contribution is -0.140. The Bertz CT molecular complexity index is 847. The van der Waals surface area contributed by atoms with E-state index in [-0.39, 0.29) is 13.0 Å². The van der Waals surface area contributed by atoms with E-state index >= 15 is 0 Å². The molecule has 0 bridgehead atoms. The van der Waals surface area contributed by atoms with Crippen LogP contribution in [0.4, 0.5) is 0 Å². The summed E-state index contributed by atoms with van der Waals surface area (Å²) in [5, 5.41) is 21.9. The minimum atomic E-state index is -3.81. The van der Waals surface area contributed by atoms with Gasteiger partial charge in [0, 0.05) is 24.7 Å². The molecule has 8 heteroatoms. The van der Waals surface area contributed by atoms with Crippen molar-refractivity contribution in [2.75, 3.05) is 12.9 Å². The van der Waals surface area contributed by atoms with E-state index in [0.29, 0.717) is 12.1 Å². The van der Waals surface area contributed by atoms with Crippen molar-refractivity contribution < 1.29 is 28.3 Å². The van der Waals surface area contributed by atoms with Gasteiger partial charge in [0.2, 0.25) is 0 Å². The minimum absolute atomic E-state index is 0.186. The van der Waals surface area contributed by atoms with Crippen LogP contribution in [0.5, 0.6) is 0 Å². The van der Waals surface area contributed by atoms with Crippen molar-refractivity contribution in [3.8, 4) is 11.8 Å². The molecule has 0 aromatic heterocycles. The van der Waals surface area contributed by atoms with Crippen LogP contribution in [0.25, 0.3) is 0 Å². The van der Waals surface area contributed by atoms with E-state index < -0.39 is 26.7 Å². The highest BCUT2D eigenvalue weighted by Crippen LogP contribution is 2.29. The van der Waals surface area contributed by atoms with Gasteiger partial charge in [-0.25, -0.2) is 8.42 Å². The summed E-state index contributed by atoms with van der Waals surface area (Å²) >= 11 is 0. The molecule has 0 radical (unpaired) electrons. The fourth-order valence-electron chi connectivity index (χ4n) is 2.43. The molecule has 0 spiro atoms. The molecule has 1 heterocycles. The predicted molar refractivity (Wildman–Crippen MR) is 91.9 cm³/mol. The van der Waals surface area contributed by atoms with E-state index in [1.54, 1.807) is 24.3 Å². The van der Waals surface area contributed by atoms with Gasteiger partial charge in [-0.1, -0.05) is 29.1 Å². The first-order valence-electron chi connectivity index (χ1n) is 7.53. The number of hydrogen-bond acceptors (Lipinski definition) is 6. The number of nitrogens with zero attached hydrogens (tertiary/aromatic N) is 1. The number of sulfone groups is 1. The predicted octanol–water partition coefficient (Wildman–Crippen LogP) is 0.801. The van der Waals surface area contributed by atoms with Crippen LogP contribution in [-0.2, 0) is 19.5 Å². The van der Waals surface area contributed by atoms with Gasteiger partial charge in [-0.2, -0.15) is 0 Å². The molecular weight excluding hydrogens is 346 g/mol. The SMILES string of the molecule is C[C@@](C[C@H]1CC(c2ccc(C#CCO)cc2)=NO1)(C(=O)O)S(C)(=O)=O. The van der Waals surface area contributed by atoms with Crippen LogP contribution < -0.4 is 0 Å². The zero-order valence-electron chi connectivity index (χ0n) is 13.9. The Morgan fingerprint density at radius 3 is 2.56 bits per heavy atom. The summed E-state index contributed by atoms with van der Waals surface area (Å²) in [6.07, 6.45) is 0.415. The Kier molecular flexibility index (Phi) is 5.50. The van der Waals surface area contributed by atoms with Crippen molar-refractivity contribution in [3.63, 3.8) is 0 Å². The summed E-state index contributed by atoms with van der Waals surface area (Å²) in [6.45, 7) is 0.966. The molecule has 1 aromatic rings. The highest BCUT2D eigenvalue weighted by molar-refractivity contribution is 7.92. The summed E-state index contributed by atoms with van der Waals surface area (Å²) in [4.78, 5) is 16.7. The first-order chi connectivity index (χ1) is 11.7. The smallest absolute Gasteiger partial charge is 0.324 e.